The number of aliphatic hydroxyl groups excluding tert-OH is 1. The van der Waals surface area contributed by atoms with Gasteiger partial charge in [-0.05, 0) is 19.3 Å². The van der Waals surface area contributed by atoms with Gasteiger partial charge in [-0.25, -0.2) is 4.79 Å². The molecule has 4 heteroatoms. The van der Waals surface area contributed by atoms with Crippen LogP contribution < -0.4 is 10.6 Å². The van der Waals surface area contributed by atoms with Crippen molar-refractivity contribution in [1.29, 1.82) is 0 Å². The smallest absolute Gasteiger partial charge is 0.315 e. The fourth-order valence-electron chi connectivity index (χ4n) is 1.24. The van der Waals surface area contributed by atoms with E-state index in [9.17, 15) is 4.79 Å². The van der Waals surface area contributed by atoms with Crippen molar-refractivity contribution in [2.45, 2.75) is 39.3 Å². The molecule has 2 unspecified atom stereocenters. The van der Waals surface area contributed by atoms with E-state index in [1.54, 1.807) is 6.08 Å². The third-order valence-electron chi connectivity index (χ3n) is 2.02. The lowest BCUT2D eigenvalue weighted by Gasteiger charge is -2.19. The zero-order valence-corrected chi connectivity index (χ0v) is 9.79. The van der Waals surface area contributed by atoms with Crippen LogP contribution in [0, 0.1) is 5.92 Å². The molecule has 0 spiro atoms. The molecule has 0 rings (SSSR count). The molecule has 0 aliphatic heterocycles. The molecule has 88 valence electrons. The highest BCUT2D eigenvalue weighted by molar-refractivity contribution is 5.74. The molecule has 0 saturated carbocycles. The summed E-state index contributed by atoms with van der Waals surface area (Å²) in [7, 11) is 0. The molecule has 0 radical (unpaired) electrons. The zero-order chi connectivity index (χ0) is 11.8. The van der Waals surface area contributed by atoms with Gasteiger partial charge in [-0.3, -0.25) is 0 Å². The van der Waals surface area contributed by atoms with E-state index in [1.807, 2.05) is 6.92 Å². The first-order chi connectivity index (χ1) is 6.99. The molecule has 15 heavy (non-hydrogen) atoms. The van der Waals surface area contributed by atoms with Crippen molar-refractivity contribution in [3.63, 3.8) is 0 Å². The van der Waals surface area contributed by atoms with Gasteiger partial charge in [0.05, 0.1) is 12.6 Å². The molecule has 0 heterocycles. The van der Waals surface area contributed by atoms with E-state index in [4.69, 9.17) is 5.11 Å². The zero-order valence-electron chi connectivity index (χ0n) is 9.79. The summed E-state index contributed by atoms with van der Waals surface area (Å²) in [5, 5.41) is 14.5. The van der Waals surface area contributed by atoms with Crippen LogP contribution in [0.25, 0.3) is 0 Å². The number of rotatable bonds is 6. The number of amides is 2. The molecule has 0 aromatic heterocycles. The quantitative estimate of drug-likeness (QED) is 0.583. The van der Waals surface area contributed by atoms with E-state index in [2.05, 4.69) is 31.1 Å². The van der Waals surface area contributed by atoms with Crippen molar-refractivity contribution in [2.24, 2.45) is 5.92 Å². The van der Waals surface area contributed by atoms with E-state index in [-0.39, 0.29) is 24.7 Å². The van der Waals surface area contributed by atoms with Crippen molar-refractivity contribution < 1.29 is 9.90 Å². The normalized spacial score (nSPS) is 14.5. The lowest BCUT2D eigenvalue weighted by molar-refractivity contribution is 0.206. The minimum atomic E-state index is -0.262. The molecule has 0 aliphatic rings. The van der Waals surface area contributed by atoms with Crippen LogP contribution in [0.15, 0.2) is 12.7 Å². The van der Waals surface area contributed by atoms with Crippen LogP contribution in [0.5, 0.6) is 0 Å². The highest BCUT2D eigenvalue weighted by atomic mass is 16.3. The van der Waals surface area contributed by atoms with Gasteiger partial charge >= 0.3 is 6.03 Å². The molecule has 3 N–H and O–H groups in total. The number of aliphatic hydroxyl groups is 1. The molecule has 0 aromatic carbocycles. The minimum absolute atomic E-state index is 0.0337. The monoisotopic (exact) mass is 214 g/mol. The molecule has 0 aromatic rings. The first-order valence-electron chi connectivity index (χ1n) is 5.30. The fourth-order valence-corrected chi connectivity index (χ4v) is 1.24. The molecule has 0 saturated heterocycles. The van der Waals surface area contributed by atoms with Gasteiger partial charge in [-0.1, -0.05) is 19.9 Å². The van der Waals surface area contributed by atoms with Gasteiger partial charge in [0, 0.05) is 6.04 Å². The van der Waals surface area contributed by atoms with Crippen molar-refractivity contribution in [2.75, 3.05) is 6.61 Å². The van der Waals surface area contributed by atoms with Gasteiger partial charge in [0.1, 0.15) is 0 Å². The van der Waals surface area contributed by atoms with Crippen LogP contribution in [0.2, 0.25) is 0 Å². The number of hydrogen-bond acceptors (Lipinski definition) is 2. The summed E-state index contributed by atoms with van der Waals surface area (Å²) < 4.78 is 0. The molecule has 0 bridgehead atoms. The Hall–Kier alpha value is -1.03. The van der Waals surface area contributed by atoms with E-state index < -0.39 is 0 Å². The van der Waals surface area contributed by atoms with Crippen molar-refractivity contribution in [3.8, 4) is 0 Å². The Morgan fingerprint density at radius 1 is 1.40 bits per heavy atom. The molecule has 0 aliphatic carbocycles. The van der Waals surface area contributed by atoms with Gasteiger partial charge < -0.3 is 15.7 Å². The average Bonchev–Trinajstić information content (AvgIpc) is 2.15. The Morgan fingerprint density at radius 2 is 2.00 bits per heavy atom. The lowest BCUT2D eigenvalue weighted by Crippen LogP contribution is -2.46. The number of nitrogens with one attached hydrogen (secondary N) is 2. The van der Waals surface area contributed by atoms with Crippen LogP contribution in [0.3, 0.4) is 0 Å². The summed E-state index contributed by atoms with van der Waals surface area (Å²) in [4.78, 5) is 11.4. The maximum atomic E-state index is 11.4. The summed E-state index contributed by atoms with van der Waals surface area (Å²) in [6.45, 7) is 9.47. The molecule has 4 nitrogen and oxygen atoms in total. The van der Waals surface area contributed by atoms with E-state index >= 15 is 0 Å². The van der Waals surface area contributed by atoms with Crippen molar-refractivity contribution in [3.05, 3.63) is 12.7 Å². The van der Waals surface area contributed by atoms with Gasteiger partial charge in [0.15, 0.2) is 0 Å². The Bertz CT molecular complexity index is 205. The topological polar surface area (TPSA) is 61.4 Å². The second-order valence-corrected chi connectivity index (χ2v) is 4.15. The van der Waals surface area contributed by atoms with E-state index in [1.165, 1.54) is 0 Å². The van der Waals surface area contributed by atoms with Gasteiger partial charge in [0.2, 0.25) is 0 Å². The third kappa shape index (κ3) is 6.96. The van der Waals surface area contributed by atoms with E-state index in [0.29, 0.717) is 5.92 Å². The second-order valence-electron chi connectivity index (χ2n) is 4.15. The SMILES string of the molecule is C=CC(C)NC(=O)NC(CO)CC(C)C. The standard InChI is InChI=1S/C11H22N2O2/c1-5-9(4)12-11(15)13-10(7-14)6-8(2)3/h5,8-10,14H,1,6-7H2,2-4H3,(H2,12,13,15). The average molecular weight is 214 g/mol. The van der Waals surface area contributed by atoms with Crippen LogP contribution in [0.1, 0.15) is 27.2 Å². The molecule has 2 amide bonds. The molecular formula is C11H22N2O2. The Morgan fingerprint density at radius 3 is 2.40 bits per heavy atom. The lowest BCUT2D eigenvalue weighted by atomic mass is 10.0. The third-order valence-corrected chi connectivity index (χ3v) is 2.02. The maximum absolute atomic E-state index is 11.4. The number of carbonyl (C=O) groups is 1. The summed E-state index contributed by atoms with van der Waals surface area (Å²) in [5.74, 6) is 0.444. The molecule has 2 atom stereocenters. The minimum Gasteiger partial charge on any atom is -0.394 e. The van der Waals surface area contributed by atoms with Gasteiger partial charge in [-0.15, -0.1) is 6.58 Å². The van der Waals surface area contributed by atoms with Gasteiger partial charge in [0.25, 0.3) is 0 Å². The largest absolute Gasteiger partial charge is 0.394 e. The Labute approximate surface area is 91.8 Å². The summed E-state index contributed by atoms with van der Waals surface area (Å²) in [6, 6.07) is -0.507. The number of urea groups is 1. The van der Waals surface area contributed by atoms with Gasteiger partial charge in [-0.2, -0.15) is 0 Å². The molecule has 0 fully saturated rings. The van der Waals surface area contributed by atoms with Crippen LogP contribution >= 0.6 is 0 Å². The Balaban J connectivity index is 3.95. The highest BCUT2D eigenvalue weighted by Crippen LogP contribution is 2.03. The highest BCUT2D eigenvalue weighted by Gasteiger charge is 2.13. The number of hydrogen-bond donors (Lipinski definition) is 3. The summed E-state index contributed by atoms with van der Waals surface area (Å²) >= 11 is 0. The summed E-state index contributed by atoms with van der Waals surface area (Å²) in [6.07, 6.45) is 2.42. The van der Waals surface area contributed by atoms with E-state index in [0.717, 1.165) is 6.42 Å². The Kier molecular flexibility index (Phi) is 6.79. The summed E-state index contributed by atoms with van der Waals surface area (Å²) in [5.41, 5.74) is 0. The van der Waals surface area contributed by atoms with Crippen molar-refractivity contribution >= 4 is 6.03 Å². The fraction of sp³-hybridized carbons (Fsp3) is 0.727. The first kappa shape index (κ1) is 14.0. The first-order valence-corrected chi connectivity index (χ1v) is 5.30. The predicted octanol–water partition coefficient (Wildman–Crippen LogP) is 1.27. The predicted molar refractivity (Wildman–Crippen MR) is 61.7 cm³/mol. The molecular weight excluding hydrogens is 192 g/mol. The second kappa shape index (κ2) is 7.29. The number of carbonyl (C=O) groups excluding carboxylic acids is 1. The van der Waals surface area contributed by atoms with Crippen LogP contribution in [-0.2, 0) is 0 Å². The van der Waals surface area contributed by atoms with Crippen molar-refractivity contribution in [1.82, 2.24) is 10.6 Å². The van der Waals surface area contributed by atoms with Crippen LogP contribution in [0.4, 0.5) is 4.79 Å². The maximum Gasteiger partial charge on any atom is 0.315 e. The van der Waals surface area contributed by atoms with Crippen LogP contribution in [-0.4, -0.2) is 29.8 Å².